The van der Waals surface area contributed by atoms with Gasteiger partial charge in [0, 0.05) is 5.56 Å². The molecule has 0 N–H and O–H groups in total. The molecule has 0 saturated heterocycles. The first-order valence-corrected chi connectivity index (χ1v) is 3.12. The fourth-order valence-electron chi connectivity index (χ4n) is 0.639. The second-order valence-corrected chi connectivity index (χ2v) is 2.31. The quantitative estimate of drug-likeness (QED) is 0.430. The molecule has 48 valence electrons. The molecular formula is C7H4BClO. The van der Waals surface area contributed by atoms with E-state index in [2.05, 4.69) is 0 Å². The Morgan fingerprint density at radius 3 is 2.70 bits per heavy atom. The average molecular weight is 150 g/mol. The van der Waals surface area contributed by atoms with Crippen molar-refractivity contribution in [2.45, 2.75) is 0 Å². The Morgan fingerprint density at radius 1 is 1.50 bits per heavy atom. The SMILES string of the molecule is [B]c1ccc(C=O)c(Cl)c1. The fraction of sp³-hybridized carbons (Fsp3) is 0. The smallest absolute Gasteiger partial charge is 0.151 e. The summed E-state index contributed by atoms with van der Waals surface area (Å²) in [5.41, 5.74) is 1.03. The number of carbonyl (C=O) groups is 1. The molecule has 1 rings (SSSR count). The van der Waals surface area contributed by atoms with Crippen molar-refractivity contribution in [2.75, 3.05) is 0 Å². The third-order valence-corrected chi connectivity index (χ3v) is 1.48. The minimum Gasteiger partial charge on any atom is -0.298 e. The standard InChI is InChI=1S/C7H4BClO/c8-6-2-1-5(4-10)7(9)3-6/h1-4H. The topological polar surface area (TPSA) is 17.1 Å². The number of halogens is 1. The summed E-state index contributed by atoms with van der Waals surface area (Å²) in [7, 11) is 5.38. The number of rotatable bonds is 1. The number of carbonyl (C=O) groups excluding carboxylic acids is 1. The molecule has 0 aliphatic heterocycles. The van der Waals surface area contributed by atoms with E-state index in [4.69, 9.17) is 19.4 Å². The van der Waals surface area contributed by atoms with Crippen LogP contribution in [0.4, 0.5) is 0 Å². The van der Waals surface area contributed by atoms with Gasteiger partial charge in [-0.2, -0.15) is 0 Å². The van der Waals surface area contributed by atoms with Crippen LogP contribution in [0.25, 0.3) is 0 Å². The van der Waals surface area contributed by atoms with E-state index < -0.39 is 0 Å². The van der Waals surface area contributed by atoms with Crippen LogP contribution < -0.4 is 5.46 Å². The third kappa shape index (κ3) is 1.39. The van der Waals surface area contributed by atoms with Gasteiger partial charge in [0.25, 0.3) is 0 Å². The van der Waals surface area contributed by atoms with E-state index in [1.165, 1.54) is 0 Å². The summed E-state index contributed by atoms with van der Waals surface area (Å²) < 4.78 is 0. The monoisotopic (exact) mass is 150 g/mol. The van der Waals surface area contributed by atoms with E-state index in [9.17, 15) is 4.79 Å². The van der Waals surface area contributed by atoms with Crippen LogP contribution in [-0.2, 0) is 0 Å². The van der Waals surface area contributed by atoms with Gasteiger partial charge in [-0.15, -0.1) is 0 Å². The van der Waals surface area contributed by atoms with E-state index in [0.717, 1.165) is 0 Å². The first-order valence-electron chi connectivity index (χ1n) is 2.74. The molecule has 0 saturated carbocycles. The lowest BCUT2D eigenvalue weighted by molar-refractivity contribution is 0.112. The molecule has 0 atom stereocenters. The number of hydrogen-bond acceptors (Lipinski definition) is 1. The van der Waals surface area contributed by atoms with Crippen molar-refractivity contribution in [2.24, 2.45) is 0 Å². The van der Waals surface area contributed by atoms with Gasteiger partial charge in [0.1, 0.15) is 7.85 Å². The van der Waals surface area contributed by atoms with Crippen LogP contribution in [0.5, 0.6) is 0 Å². The van der Waals surface area contributed by atoms with Gasteiger partial charge in [-0.25, -0.2) is 0 Å². The van der Waals surface area contributed by atoms with Gasteiger partial charge in [0.15, 0.2) is 6.29 Å². The summed E-state index contributed by atoms with van der Waals surface area (Å²) in [6.45, 7) is 0. The molecule has 1 nitrogen and oxygen atoms in total. The van der Waals surface area contributed by atoms with E-state index in [-0.39, 0.29) is 0 Å². The Labute approximate surface area is 65.4 Å². The number of aldehydes is 1. The van der Waals surface area contributed by atoms with Crippen molar-refractivity contribution in [1.82, 2.24) is 0 Å². The average Bonchev–Trinajstić information content (AvgIpc) is 1.88. The van der Waals surface area contributed by atoms with Crippen molar-refractivity contribution in [3.63, 3.8) is 0 Å². The highest BCUT2D eigenvalue weighted by Crippen LogP contribution is 2.10. The summed E-state index contributed by atoms with van der Waals surface area (Å²) in [5.74, 6) is 0. The lowest BCUT2D eigenvalue weighted by Gasteiger charge is -1.95. The van der Waals surface area contributed by atoms with Gasteiger partial charge >= 0.3 is 0 Å². The van der Waals surface area contributed by atoms with Crippen LogP contribution in [-0.4, -0.2) is 14.1 Å². The summed E-state index contributed by atoms with van der Waals surface area (Å²) in [6.07, 6.45) is 0.696. The molecule has 0 aliphatic carbocycles. The highest BCUT2D eigenvalue weighted by molar-refractivity contribution is 6.37. The second kappa shape index (κ2) is 2.89. The Morgan fingerprint density at radius 2 is 2.20 bits per heavy atom. The van der Waals surface area contributed by atoms with Crippen molar-refractivity contribution < 1.29 is 4.79 Å². The van der Waals surface area contributed by atoms with Crippen molar-refractivity contribution in [3.05, 3.63) is 28.8 Å². The molecule has 0 fully saturated rings. The number of hydrogen-bond donors (Lipinski definition) is 0. The van der Waals surface area contributed by atoms with Gasteiger partial charge in [-0.3, -0.25) is 4.79 Å². The second-order valence-electron chi connectivity index (χ2n) is 1.90. The van der Waals surface area contributed by atoms with Crippen molar-refractivity contribution in [1.29, 1.82) is 0 Å². The summed E-state index contributed by atoms with van der Waals surface area (Å²) in [6, 6.07) is 4.77. The molecule has 0 spiro atoms. The zero-order chi connectivity index (χ0) is 7.56. The van der Waals surface area contributed by atoms with Crippen LogP contribution in [0, 0.1) is 0 Å². The molecule has 0 heterocycles. The first kappa shape index (κ1) is 7.35. The molecule has 0 bridgehead atoms. The van der Waals surface area contributed by atoms with Crippen molar-refractivity contribution in [3.8, 4) is 0 Å². The van der Waals surface area contributed by atoms with Gasteiger partial charge < -0.3 is 0 Å². The largest absolute Gasteiger partial charge is 0.298 e. The highest BCUT2D eigenvalue weighted by Gasteiger charge is 1.95. The Balaban J connectivity index is 3.19. The molecule has 0 unspecified atom stereocenters. The Kier molecular flexibility index (Phi) is 2.12. The van der Waals surface area contributed by atoms with Crippen LogP contribution >= 0.6 is 11.6 Å². The van der Waals surface area contributed by atoms with E-state index >= 15 is 0 Å². The molecule has 2 radical (unpaired) electrons. The fourth-order valence-corrected chi connectivity index (χ4v) is 0.872. The summed E-state index contributed by atoms with van der Waals surface area (Å²) in [4.78, 5) is 10.2. The summed E-state index contributed by atoms with van der Waals surface area (Å²) >= 11 is 5.62. The molecule has 0 amide bonds. The third-order valence-electron chi connectivity index (χ3n) is 1.15. The molecule has 1 aromatic rings. The lowest BCUT2D eigenvalue weighted by Crippen LogP contribution is -2.01. The Bertz CT molecular complexity index is 260. The maximum Gasteiger partial charge on any atom is 0.151 e. The van der Waals surface area contributed by atoms with Crippen LogP contribution in [0.1, 0.15) is 10.4 Å². The highest BCUT2D eigenvalue weighted by atomic mass is 35.5. The molecule has 1 aromatic carbocycles. The first-order chi connectivity index (χ1) is 4.74. The van der Waals surface area contributed by atoms with Gasteiger partial charge in [0.2, 0.25) is 0 Å². The van der Waals surface area contributed by atoms with Crippen molar-refractivity contribution >= 4 is 31.2 Å². The van der Waals surface area contributed by atoms with Gasteiger partial charge in [0.05, 0.1) is 5.02 Å². The predicted molar refractivity (Wildman–Crippen MR) is 42.2 cm³/mol. The van der Waals surface area contributed by atoms with E-state index in [1.54, 1.807) is 18.2 Å². The zero-order valence-corrected chi connectivity index (χ0v) is 5.93. The minimum atomic E-state index is 0.398. The molecule has 0 aliphatic rings. The Hall–Kier alpha value is -0.755. The molecule has 0 aromatic heterocycles. The van der Waals surface area contributed by atoms with E-state index in [0.29, 0.717) is 22.3 Å². The van der Waals surface area contributed by atoms with Gasteiger partial charge in [-0.05, 0) is 6.07 Å². The van der Waals surface area contributed by atoms with Crippen LogP contribution in [0.3, 0.4) is 0 Å². The van der Waals surface area contributed by atoms with Crippen LogP contribution in [0.15, 0.2) is 18.2 Å². The van der Waals surface area contributed by atoms with Gasteiger partial charge in [-0.1, -0.05) is 29.2 Å². The lowest BCUT2D eigenvalue weighted by atomic mass is 9.95. The normalized spacial score (nSPS) is 9.30. The van der Waals surface area contributed by atoms with Crippen LogP contribution in [0.2, 0.25) is 5.02 Å². The summed E-state index contributed by atoms with van der Waals surface area (Å²) in [5, 5.41) is 0.398. The molecular weight excluding hydrogens is 146 g/mol. The molecule has 10 heavy (non-hydrogen) atoms. The predicted octanol–water partition coefficient (Wildman–Crippen LogP) is 0.946. The maximum atomic E-state index is 10.2. The minimum absolute atomic E-state index is 0.398. The molecule has 3 heteroatoms. The zero-order valence-electron chi connectivity index (χ0n) is 5.17. The number of benzene rings is 1. The van der Waals surface area contributed by atoms with E-state index in [1.807, 2.05) is 0 Å². The maximum absolute atomic E-state index is 10.2.